The van der Waals surface area contributed by atoms with Gasteiger partial charge in [0.15, 0.2) is 0 Å². The summed E-state index contributed by atoms with van der Waals surface area (Å²) in [6, 6.07) is -0.0377. The zero-order chi connectivity index (χ0) is 11.4. The molecule has 3 atom stereocenters. The van der Waals surface area contributed by atoms with Crippen LogP contribution in [-0.2, 0) is 14.3 Å². The second-order valence-corrected chi connectivity index (χ2v) is 3.88. The summed E-state index contributed by atoms with van der Waals surface area (Å²) in [5.41, 5.74) is 0. The third-order valence-electron chi connectivity index (χ3n) is 2.85. The molecule has 3 unspecified atom stereocenters. The zero-order valence-electron chi connectivity index (χ0n) is 9.03. The van der Waals surface area contributed by atoms with Crippen molar-refractivity contribution in [3.8, 4) is 0 Å². The van der Waals surface area contributed by atoms with E-state index in [0.29, 0.717) is 0 Å². The molecule has 0 bridgehead atoms. The summed E-state index contributed by atoms with van der Waals surface area (Å²) in [5.74, 6) is -2.53. The molecule has 1 aliphatic carbocycles. The van der Waals surface area contributed by atoms with Gasteiger partial charge in [0.2, 0.25) is 5.91 Å². The van der Waals surface area contributed by atoms with Gasteiger partial charge in [-0.2, -0.15) is 0 Å². The zero-order valence-corrected chi connectivity index (χ0v) is 9.03. The average Bonchev–Trinajstić information content (AvgIpc) is 2.63. The molecule has 0 radical (unpaired) electrons. The van der Waals surface area contributed by atoms with E-state index in [9.17, 15) is 9.59 Å². The molecule has 0 saturated heterocycles. The number of aliphatic carboxylic acids is 1. The maximum atomic E-state index is 11.5. The van der Waals surface area contributed by atoms with Crippen LogP contribution in [0.15, 0.2) is 0 Å². The number of methoxy groups -OCH3 is 1. The summed E-state index contributed by atoms with van der Waals surface area (Å²) in [4.78, 5) is 22.0. The van der Waals surface area contributed by atoms with Crippen LogP contribution in [0.25, 0.3) is 0 Å². The maximum absolute atomic E-state index is 11.5. The quantitative estimate of drug-likeness (QED) is 0.665. The van der Waals surface area contributed by atoms with Crippen molar-refractivity contribution in [2.24, 2.45) is 5.92 Å². The smallest absolute Gasteiger partial charge is 0.315 e. The molecule has 1 fully saturated rings. The Morgan fingerprint density at radius 1 is 1.47 bits per heavy atom. The lowest BCUT2D eigenvalue weighted by Crippen LogP contribution is -2.44. The van der Waals surface area contributed by atoms with E-state index in [1.54, 1.807) is 7.11 Å². The van der Waals surface area contributed by atoms with Crippen LogP contribution in [0.2, 0.25) is 0 Å². The molecular weight excluding hydrogens is 198 g/mol. The molecule has 5 nitrogen and oxygen atoms in total. The number of carboxylic acids is 1. The van der Waals surface area contributed by atoms with Crippen LogP contribution in [0.3, 0.4) is 0 Å². The predicted octanol–water partition coefficient (Wildman–Crippen LogP) is 0.391. The molecule has 1 aliphatic rings. The Hall–Kier alpha value is -1.10. The number of amides is 1. The van der Waals surface area contributed by atoms with E-state index in [1.807, 2.05) is 0 Å². The van der Waals surface area contributed by atoms with Crippen molar-refractivity contribution in [3.63, 3.8) is 0 Å². The van der Waals surface area contributed by atoms with Crippen LogP contribution in [0.4, 0.5) is 0 Å². The molecule has 0 aliphatic heterocycles. The minimum Gasteiger partial charge on any atom is -0.481 e. The van der Waals surface area contributed by atoms with Gasteiger partial charge in [-0.15, -0.1) is 0 Å². The SMILES string of the molecule is COC1CCCC1NC(=O)C(C)C(=O)O. The van der Waals surface area contributed by atoms with E-state index in [2.05, 4.69) is 5.32 Å². The molecule has 86 valence electrons. The van der Waals surface area contributed by atoms with Crippen LogP contribution in [0, 0.1) is 5.92 Å². The molecule has 15 heavy (non-hydrogen) atoms. The van der Waals surface area contributed by atoms with Gasteiger partial charge in [-0.1, -0.05) is 0 Å². The number of hydrogen-bond acceptors (Lipinski definition) is 3. The third kappa shape index (κ3) is 2.92. The van der Waals surface area contributed by atoms with E-state index < -0.39 is 17.8 Å². The van der Waals surface area contributed by atoms with Crippen molar-refractivity contribution in [1.29, 1.82) is 0 Å². The Morgan fingerprint density at radius 3 is 2.67 bits per heavy atom. The number of hydrogen-bond donors (Lipinski definition) is 2. The lowest BCUT2D eigenvalue weighted by atomic mass is 10.1. The van der Waals surface area contributed by atoms with Crippen LogP contribution in [0.1, 0.15) is 26.2 Å². The maximum Gasteiger partial charge on any atom is 0.315 e. The van der Waals surface area contributed by atoms with Crippen molar-refractivity contribution in [2.45, 2.75) is 38.3 Å². The summed E-state index contributed by atoms with van der Waals surface area (Å²) in [6.07, 6.45) is 2.81. The van der Waals surface area contributed by atoms with Gasteiger partial charge in [0.25, 0.3) is 0 Å². The number of nitrogens with one attached hydrogen (secondary N) is 1. The Bertz CT molecular complexity index is 254. The first-order valence-electron chi connectivity index (χ1n) is 5.12. The molecule has 2 N–H and O–H groups in total. The summed E-state index contributed by atoms with van der Waals surface area (Å²) in [5, 5.41) is 11.4. The standard InChI is InChI=1S/C10H17NO4/c1-6(10(13)14)9(12)11-7-4-3-5-8(7)15-2/h6-8H,3-5H2,1-2H3,(H,11,12)(H,13,14). The molecule has 0 heterocycles. The molecule has 0 aromatic heterocycles. The van der Waals surface area contributed by atoms with Gasteiger partial charge < -0.3 is 15.2 Å². The van der Waals surface area contributed by atoms with E-state index >= 15 is 0 Å². The normalized spacial score (nSPS) is 27.3. The lowest BCUT2D eigenvalue weighted by molar-refractivity contribution is -0.146. The fourth-order valence-corrected chi connectivity index (χ4v) is 1.79. The molecule has 0 aromatic carbocycles. The largest absolute Gasteiger partial charge is 0.481 e. The van der Waals surface area contributed by atoms with Crippen LogP contribution < -0.4 is 5.32 Å². The van der Waals surface area contributed by atoms with E-state index in [4.69, 9.17) is 9.84 Å². The highest BCUT2D eigenvalue weighted by Crippen LogP contribution is 2.21. The molecule has 1 rings (SSSR count). The predicted molar refractivity (Wildman–Crippen MR) is 53.4 cm³/mol. The first kappa shape index (κ1) is 12.0. The van der Waals surface area contributed by atoms with Crippen molar-refractivity contribution in [2.75, 3.05) is 7.11 Å². The molecule has 0 aromatic rings. The van der Waals surface area contributed by atoms with Gasteiger partial charge in [-0.25, -0.2) is 0 Å². The highest BCUT2D eigenvalue weighted by molar-refractivity contribution is 5.96. The summed E-state index contributed by atoms with van der Waals surface area (Å²) >= 11 is 0. The van der Waals surface area contributed by atoms with E-state index in [0.717, 1.165) is 19.3 Å². The summed E-state index contributed by atoms with van der Waals surface area (Å²) in [7, 11) is 1.61. The van der Waals surface area contributed by atoms with Gasteiger partial charge in [0.05, 0.1) is 12.1 Å². The van der Waals surface area contributed by atoms with E-state index in [1.165, 1.54) is 6.92 Å². The first-order valence-corrected chi connectivity index (χ1v) is 5.12. The average molecular weight is 215 g/mol. The number of carbonyl (C=O) groups excluding carboxylic acids is 1. The minimum absolute atomic E-state index is 0.0231. The highest BCUT2D eigenvalue weighted by atomic mass is 16.5. The molecule has 1 saturated carbocycles. The minimum atomic E-state index is -1.10. The van der Waals surface area contributed by atoms with Crippen LogP contribution in [0.5, 0.6) is 0 Å². The van der Waals surface area contributed by atoms with Crippen molar-refractivity contribution >= 4 is 11.9 Å². The van der Waals surface area contributed by atoms with Crippen molar-refractivity contribution in [1.82, 2.24) is 5.32 Å². The fraction of sp³-hybridized carbons (Fsp3) is 0.800. The Balaban J connectivity index is 2.47. The molecular formula is C10H17NO4. The number of rotatable bonds is 4. The Kier molecular flexibility index (Phi) is 4.08. The lowest BCUT2D eigenvalue weighted by Gasteiger charge is -2.20. The topological polar surface area (TPSA) is 75.6 Å². The van der Waals surface area contributed by atoms with Gasteiger partial charge in [-0.05, 0) is 26.2 Å². The van der Waals surface area contributed by atoms with Gasteiger partial charge in [0, 0.05) is 7.11 Å². The third-order valence-corrected chi connectivity index (χ3v) is 2.85. The monoisotopic (exact) mass is 215 g/mol. The number of carbonyl (C=O) groups is 2. The Morgan fingerprint density at radius 2 is 2.13 bits per heavy atom. The molecule has 5 heteroatoms. The van der Waals surface area contributed by atoms with Gasteiger partial charge >= 0.3 is 5.97 Å². The van der Waals surface area contributed by atoms with Gasteiger partial charge in [0.1, 0.15) is 5.92 Å². The summed E-state index contributed by atoms with van der Waals surface area (Å²) in [6.45, 7) is 1.38. The second kappa shape index (κ2) is 5.11. The fourth-order valence-electron chi connectivity index (χ4n) is 1.79. The summed E-state index contributed by atoms with van der Waals surface area (Å²) < 4.78 is 5.20. The van der Waals surface area contributed by atoms with Crippen LogP contribution in [-0.4, -0.2) is 36.2 Å². The van der Waals surface area contributed by atoms with Crippen LogP contribution >= 0.6 is 0 Å². The van der Waals surface area contributed by atoms with Gasteiger partial charge in [-0.3, -0.25) is 9.59 Å². The highest BCUT2D eigenvalue weighted by Gasteiger charge is 2.31. The van der Waals surface area contributed by atoms with Crippen molar-refractivity contribution < 1.29 is 19.4 Å². The Labute approximate surface area is 88.8 Å². The van der Waals surface area contributed by atoms with E-state index in [-0.39, 0.29) is 12.1 Å². The van der Waals surface area contributed by atoms with Crippen molar-refractivity contribution in [3.05, 3.63) is 0 Å². The molecule has 1 amide bonds. The second-order valence-electron chi connectivity index (χ2n) is 3.88. The first-order chi connectivity index (χ1) is 7.06. The number of ether oxygens (including phenoxy) is 1. The number of carboxylic acid groups (broad SMARTS) is 1. The molecule has 0 spiro atoms.